The van der Waals surface area contributed by atoms with Gasteiger partial charge in [0.15, 0.2) is 11.6 Å². The molecule has 1 aliphatic carbocycles. The van der Waals surface area contributed by atoms with Crippen molar-refractivity contribution in [2.45, 2.75) is 96.9 Å². The van der Waals surface area contributed by atoms with Crippen LogP contribution in [-0.2, 0) is 4.79 Å². The zero-order chi connectivity index (χ0) is 28.5. The summed E-state index contributed by atoms with van der Waals surface area (Å²) >= 11 is 0. The number of unbranched alkanes of at least 4 members (excludes halogenated alkanes) is 1. The summed E-state index contributed by atoms with van der Waals surface area (Å²) in [4.78, 5) is 25.2. The van der Waals surface area contributed by atoms with Gasteiger partial charge in [0.25, 0.3) is 0 Å². The molecule has 2 aliphatic heterocycles. The molecule has 5 rings (SSSR count). The molecule has 0 radical (unpaired) electrons. The van der Waals surface area contributed by atoms with Crippen LogP contribution in [0.25, 0.3) is 5.57 Å². The predicted octanol–water partition coefficient (Wildman–Crippen LogP) is 8.06. The largest absolute Gasteiger partial charge is 0.508 e. The average molecular weight is 539 g/mol. The monoisotopic (exact) mass is 538 g/mol. The lowest BCUT2D eigenvalue weighted by molar-refractivity contribution is -0.110. The summed E-state index contributed by atoms with van der Waals surface area (Å²) in [5, 5.41) is 10.3. The summed E-state index contributed by atoms with van der Waals surface area (Å²) in [5.41, 5.74) is 4.01. The van der Waals surface area contributed by atoms with E-state index in [4.69, 9.17) is 4.74 Å². The van der Waals surface area contributed by atoms with Gasteiger partial charge in [-0.05, 0) is 66.9 Å². The van der Waals surface area contributed by atoms with Gasteiger partial charge in [-0.15, -0.1) is 0 Å². The van der Waals surface area contributed by atoms with E-state index in [0.29, 0.717) is 18.6 Å². The summed E-state index contributed by atoms with van der Waals surface area (Å²) in [5.74, 6) is 3.52. The van der Waals surface area contributed by atoms with E-state index in [9.17, 15) is 14.7 Å². The molecular weight excluding hydrogens is 495 g/mol. The highest BCUT2D eigenvalue weighted by Gasteiger charge is 2.38. The van der Waals surface area contributed by atoms with Crippen LogP contribution in [0.4, 0.5) is 0 Å². The number of ether oxygens (including phenoxy) is 1. The molecule has 2 aromatic carbocycles. The molecule has 0 atom stereocenters. The fourth-order valence-corrected chi connectivity index (χ4v) is 6.28. The van der Waals surface area contributed by atoms with Crippen LogP contribution in [0.1, 0.15) is 101 Å². The van der Waals surface area contributed by atoms with Crippen molar-refractivity contribution in [3.63, 3.8) is 0 Å². The Morgan fingerprint density at radius 2 is 1.70 bits per heavy atom. The van der Waals surface area contributed by atoms with Gasteiger partial charge in [-0.2, -0.15) is 0 Å². The first kappa shape index (κ1) is 29.6. The van der Waals surface area contributed by atoms with Crippen LogP contribution in [0.3, 0.4) is 0 Å². The summed E-state index contributed by atoms with van der Waals surface area (Å²) in [6.07, 6.45) is 16.7. The smallest absolute Gasteiger partial charge is 0.207 e. The van der Waals surface area contributed by atoms with Gasteiger partial charge in [-0.1, -0.05) is 101 Å². The van der Waals surface area contributed by atoms with Crippen molar-refractivity contribution in [2.24, 2.45) is 0 Å². The van der Waals surface area contributed by atoms with Crippen molar-refractivity contribution in [3.05, 3.63) is 83.4 Å². The molecule has 0 aromatic heterocycles. The molecule has 5 heteroatoms. The molecule has 0 amide bonds. The highest BCUT2D eigenvalue weighted by atomic mass is 16.5. The number of phenols is 1. The molecule has 3 aliphatic rings. The second-order valence-electron chi connectivity index (χ2n) is 11.3. The molecule has 2 heterocycles. The highest BCUT2D eigenvalue weighted by molar-refractivity contribution is 6.83. The number of benzene rings is 2. The number of allylic oxidation sites excluding steroid dienone is 5. The van der Waals surface area contributed by atoms with E-state index in [2.05, 4.69) is 45.0 Å². The molecular formula is C35H43BO4. The van der Waals surface area contributed by atoms with Crippen molar-refractivity contribution in [2.75, 3.05) is 0 Å². The zero-order valence-electron chi connectivity index (χ0n) is 24.4. The lowest BCUT2D eigenvalue weighted by Crippen LogP contribution is -2.41. The Kier molecular flexibility index (Phi) is 10.2. The average Bonchev–Trinajstić information content (AvgIpc) is 3.11. The van der Waals surface area contributed by atoms with Crippen LogP contribution in [0.5, 0.6) is 11.5 Å². The standard InChI is InChI=1S/C20H23BO2.C15H20O2/c1-2-3-13-21-14-17(16-11-8-12-18(22)19(16)21)20(23)15-9-6-4-5-7-10-15;1-3-9-15(10-4-2)11-13(16)12-7-5-6-8-14(12)17-15/h4,6,8,10-12,14,22H,2-3,5,7,9,13H2,1H3;5-8H,3-4,9-11H2,1-2H3. The zero-order valence-corrected chi connectivity index (χ0v) is 24.4. The Bertz CT molecular complexity index is 1300. The number of rotatable bonds is 9. The van der Waals surface area contributed by atoms with Gasteiger partial charge in [0, 0.05) is 5.57 Å². The van der Waals surface area contributed by atoms with Crippen molar-refractivity contribution < 1.29 is 19.4 Å². The minimum Gasteiger partial charge on any atom is -0.508 e. The third-order valence-electron chi connectivity index (χ3n) is 8.15. The lowest BCUT2D eigenvalue weighted by Gasteiger charge is -2.38. The Balaban J connectivity index is 0.000000194. The van der Waals surface area contributed by atoms with Crippen LogP contribution >= 0.6 is 0 Å². The van der Waals surface area contributed by atoms with E-state index < -0.39 is 0 Å². The molecule has 0 fully saturated rings. The minimum absolute atomic E-state index is 0.127. The van der Waals surface area contributed by atoms with E-state index in [1.165, 1.54) is 0 Å². The number of hydrogen-bond acceptors (Lipinski definition) is 4. The Morgan fingerprint density at radius 3 is 2.45 bits per heavy atom. The van der Waals surface area contributed by atoms with E-state index in [0.717, 1.165) is 91.2 Å². The Labute approximate surface area is 240 Å². The molecule has 40 heavy (non-hydrogen) atoms. The quantitative estimate of drug-likeness (QED) is 0.259. The maximum absolute atomic E-state index is 13.0. The van der Waals surface area contributed by atoms with Gasteiger partial charge in [0.05, 0.1) is 12.0 Å². The maximum atomic E-state index is 13.0. The first-order valence-electron chi connectivity index (χ1n) is 15.2. The van der Waals surface area contributed by atoms with Crippen LogP contribution in [-0.4, -0.2) is 29.0 Å². The van der Waals surface area contributed by atoms with Gasteiger partial charge in [-0.3, -0.25) is 9.59 Å². The second-order valence-corrected chi connectivity index (χ2v) is 11.3. The molecule has 4 nitrogen and oxygen atoms in total. The number of hydrogen-bond donors (Lipinski definition) is 1. The maximum Gasteiger partial charge on any atom is 0.207 e. The van der Waals surface area contributed by atoms with Crippen molar-refractivity contribution in [1.29, 1.82) is 0 Å². The summed E-state index contributed by atoms with van der Waals surface area (Å²) in [7, 11) is 0. The van der Waals surface area contributed by atoms with Crippen molar-refractivity contribution in [3.8, 4) is 11.5 Å². The summed E-state index contributed by atoms with van der Waals surface area (Å²) < 4.78 is 6.15. The lowest BCUT2D eigenvalue weighted by atomic mass is 9.43. The number of aromatic hydroxyl groups is 1. The summed E-state index contributed by atoms with van der Waals surface area (Å²) in [6, 6.07) is 13.1. The molecule has 0 unspecified atom stereocenters. The van der Waals surface area contributed by atoms with Crippen LogP contribution in [0, 0.1) is 0 Å². The molecule has 0 spiro atoms. The SMILES string of the molecule is CCCC1(CCC)CC(=O)c2ccccc2O1.CCCCB1C=C(C(=O)C2=CCCC=CC2)c2cccc(O)c21. The normalized spacial score (nSPS) is 17.0. The Hall–Kier alpha value is -3.34. The number of phenolic OH excluding ortho intramolecular Hbond substituents is 1. The fourth-order valence-electron chi connectivity index (χ4n) is 6.28. The van der Waals surface area contributed by atoms with E-state index in [1.807, 2.05) is 36.4 Å². The third kappa shape index (κ3) is 6.68. The Morgan fingerprint density at radius 1 is 0.950 bits per heavy atom. The van der Waals surface area contributed by atoms with Crippen molar-refractivity contribution in [1.82, 2.24) is 0 Å². The molecule has 0 saturated heterocycles. The number of para-hydroxylation sites is 1. The minimum atomic E-state index is -0.255. The molecule has 1 N–H and O–H groups in total. The molecule has 0 saturated carbocycles. The van der Waals surface area contributed by atoms with Crippen molar-refractivity contribution >= 4 is 29.3 Å². The fraction of sp³-hybridized carbons (Fsp3) is 0.429. The van der Waals surface area contributed by atoms with Gasteiger partial charge in [0.2, 0.25) is 6.71 Å². The molecule has 0 bridgehead atoms. The van der Waals surface area contributed by atoms with Crippen LogP contribution < -0.4 is 10.2 Å². The van der Waals surface area contributed by atoms with E-state index in [-0.39, 0.29) is 23.9 Å². The van der Waals surface area contributed by atoms with E-state index in [1.54, 1.807) is 6.07 Å². The van der Waals surface area contributed by atoms with Crippen LogP contribution in [0.2, 0.25) is 6.32 Å². The first-order valence-corrected chi connectivity index (χ1v) is 15.2. The second kappa shape index (κ2) is 13.8. The highest BCUT2D eigenvalue weighted by Crippen LogP contribution is 2.38. The number of carbonyl (C=O) groups excluding carboxylic acids is 2. The van der Waals surface area contributed by atoms with Gasteiger partial charge in [0.1, 0.15) is 17.1 Å². The first-order chi connectivity index (χ1) is 19.4. The number of Topliss-reactive ketones (excluding diaryl/α,β-unsaturated/α-hetero) is 2. The van der Waals surface area contributed by atoms with E-state index >= 15 is 0 Å². The number of ketones is 2. The van der Waals surface area contributed by atoms with Crippen LogP contribution in [0.15, 0.2) is 72.2 Å². The molecule has 2 aromatic rings. The number of carbonyl (C=O) groups is 2. The van der Waals surface area contributed by atoms with Gasteiger partial charge >= 0.3 is 0 Å². The van der Waals surface area contributed by atoms with Gasteiger partial charge < -0.3 is 9.84 Å². The summed E-state index contributed by atoms with van der Waals surface area (Å²) in [6.45, 7) is 6.61. The molecule has 210 valence electrons. The third-order valence-corrected chi connectivity index (χ3v) is 8.15. The number of fused-ring (bicyclic) bond motifs is 2. The predicted molar refractivity (Wildman–Crippen MR) is 166 cm³/mol. The topological polar surface area (TPSA) is 63.6 Å². The van der Waals surface area contributed by atoms with Gasteiger partial charge in [-0.25, -0.2) is 0 Å².